The van der Waals surface area contributed by atoms with E-state index in [4.69, 9.17) is 5.10 Å². The van der Waals surface area contributed by atoms with Crippen LogP contribution in [0, 0.1) is 0 Å². The van der Waals surface area contributed by atoms with Crippen molar-refractivity contribution in [3.8, 4) is 0 Å². The van der Waals surface area contributed by atoms with E-state index in [1.165, 1.54) is 71.4 Å². The molecule has 28 heavy (non-hydrogen) atoms. The lowest BCUT2D eigenvalue weighted by molar-refractivity contribution is 0.157. The van der Waals surface area contributed by atoms with Gasteiger partial charge in [0.2, 0.25) is 0 Å². The van der Waals surface area contributed by atoms with Gasteiger partial charge in [-0.25, -0.2) is 0 Å². The lowest BCUT2D eigenvalue weighted by Gasteiger charge is -2.34. The first-order chi connectivity index (χ1) is 13.9. The summed E-state index contributed by atoms with van der Waals surface area (Å²) in [6.45, 7) is 9.61. The van der Waals surface area contributed by atoms with Crippen molar-refractivity contribution < 1.29 is 0 Å². The highest BCUT2D eigenvalue weighted by Crippen LogP contribution is 2.27. The Hall–Kier alpha value is -1.73. The van der Waals surface area contributed by atoms with Gasteiger partial charge in [-0.1, -0.05) is 6.42 Å². The Labute approximate surface area is 167 Å². The van der Waals surface area contributed by atoms with Gasteiger partial charge >= 0.3 is 0 Å². The molecular weight excluding hydrogens is 350 g/mol. The molecule has 0 bridgehead atoms. The summed E-state index contributed by atoms with van der Waals surface area (Å²) in [4.78, 5) is 7.66. The minimum atomic E-state index is 0.475. The number of likely N-dealkylation sites (tertiary alicyclic amines) is 2. The molecule has 3 saturated heterocycles. The molecule has 2 aromatic heterocycles. The van der Waals surface area contributed by atoms with Gasteiger partial charge in [-0.2, -0.15) is 4.52 Å². The Balaban J connectivity index is 1.21. The van der Waals surface area contributed by atoms with E-state index in [0.29, 0.717) is 5.92 Å². The molecule has 0 aliphatic carbocycles. The molecule has 0 aromatic carbocycles. The molecule has 0 atom stereocenters. The molecule has 152 valence electrons. The number of nitrogens with zero attached hydrogens (tertiary/aromatic N) is 7. The zero-order chi connectivity index (χ0) is 18.8. The van der Waals surface area contributed by atoms with Gasteiger partial charge in [0.1, 0.15) is 5.82 Å². The second kappa shape index (κ2) is 8.33. The molecule has 5 rings (SSSR count). The Kier molecular flexibility index (Phi) is 5.45. The third-order valence-electron chi connectivity index (χ3n) is 6.84. The fraction of sp³-hybridized carbons (Fsp3) is 0.762. The molecular formula is C21H33N7. The smallest absolute Gasteiger partial charge is 0.178 e. The van der Waals surface area contributed by atoms with Crippen molar-refractivity contribution in [1.29, 1.82) is 0 Å². The summed E-state index contributed by atoms with van der Waals surface area (Å²) < 4.78 is 2.02. The van der Waals surface area contributed by atoms with Crippen molar-refractivity contribution in [2.45, 2.75) is 50.9 Å². The van der Waals surface area contributed by atoms with Crippen LogP contribution in [0.15, 0.2) is 12.1 Å². The number of piperidine rings is 2. The van der Waals surface area contributed by atoms with Crippen molar-refractivity contribution in [2.24, 2.45) is 0 Å². The first-order valence-corrected chi connectivity index (χ1v) is 11.3. The third kappa shape index (κ3) is 3.87. The molecule has 3 aliphatic rings. The number of anilines is 1. The summed E-state index contributed by atoms with van der Waals surface area (Å²) in [5.74, 6) is 2.61. The maximum atomic E-state index is 4.91. The Morgan fingerprint density at radius 3 is 2.18 bits per heavy atom. The van der Waals surface area contributed by atoms with Gasteiger partial charge in [-0.3, -0.25) is 0 Å². The predicted octanol–water partition coefficient (Wildman–Crippen LogP) is 2.39. The van der Waals surface area contributed by atoms with Crippen LogP contribution in [0.3, 0.4) is 0 Å². The van der Waals surface area contributed by atoms with Gasteiger partial charge in [-0.05, 0) is 76.8 Å². The SMILES string of the molecule is c1cc2nnc(C3CCN(CCN4CCCCC4)CC3)n2nc1N1CCCC1. The molecule has 7 nitrogen and oxygen atoms in total. The van der Waals surface area contributed by atoms with E-state index < -0.39 is 0 Å². The highest BCUT2D eigenvalue weighted by molar-refractivity contribution is 5.46. The second-order valence-corrected chi connectivity index (χ2v) is 8.73. The van der Waals surface area contributed by atoms with Crippen LogP contribution in [0.5, 0.6) is 0 Å². The van der Waals surface area contributed by atoms with Crippen LogP contribution in [0.2, 0.25) is 0 Å². The molecule has 0 unspecified atom stereocenters. The standard InChI is InChI=1S/C21H33N7/c1-2-10-25(11-3-1)16-17-26-14-8-18(9-15-26)21-23-22-19-6-7-20(24-28(19)21)27-12-4-5-13-27/h6-7,18H,1-5,8-17H2. The molecule has 3 aliphatic heterocycles. The average molecular weight is 384 g/mol. The van der Waals surface area contributed by atoms with E-state index in [2.05, 4.69) is 37.0 Å². The zero-order valence-electron chi connectivity index (χ0n) is 17.0. The summed E-state index contributed by atoms with van der Waals surface area (Å²) >= 11 is 0. The largest absolute Gasteiger partial charge is 0.355 e. The lowest BCUT2D eigenvalue weighted by atomic mass is 9.96. The van der Waals surface area contributed by atoms with E-state index in [9.17, 15) is 0 Å². The summed E-state index contributed by atoms with van der Waals surface area (Å²) in [7, 11) is 0. The summed E-state index contributed by atoms with van der Waals surface area (Å²) in [6.07, 6.45) is 9.05. The molecule has 7 heteroatoms. The van der Waals surface area contributed by atoms with Gasteiger partial charge < -0.3 is 14.7 Å². The fourth-order valence-corrected chi connectivity index (χ4v) is 5.05. The van der Waals surface area contributed by atoms with Crippen LogP contribution in [-0.4, -0.2) is 82.0 Å². The van der Waals surface area contributed by atoms with Crippen LogP contribution in [0.4, 0.5) is 5.82 Å². The van der Waals surface area contributed by atoms with Crippen LogP contribution in [0.25, 0.3) is 5.65 Å². The molecule has 0 radical (unpaired) electrons. The van der Waals surface area contributed by atoms with Crippen molar-refractivity contribution in [2.75, 3.05) is 57.3 Å². The molecule has 0 saturated carbocycles. The minimum Gasteiger partial charge on any atom is -0.355 e. The lowest BCUT2D eigenvalue weighted by Crippen LogP contribution is -2.41. The molecule has 3 fully saturated rings. The zero-order valence-corrected chi connectivity index (χ0v) is 17.0. The van der Waals surface area contributed by atoms with Crippen LogP contribution in [0.1, 0.15) is 56.7 Å². The van der Waals surface area contributed by atoms with Gasteiger partial charge in [0.15, 0.2) is 11.5 Å². The topological polar surface area (TPSA) is 52.8 Å². The summed E-state index contributed by atoms with van der Waals surface area (Å²) in [5, 5.41) is 13.8. The molecule has 0 N–H and O–H groups in total. The van der Waals surface area contributed by atoms with Crippen molar-refractivity contribution in [3.63, 3.8) is 0 Å². The molecule has 5 heterocycles. The first kappa shape index (κ1) is 18.3. The number of aromatic nitrogens is 4. The van der Waals surface area contributed by atoms with Crippen LogP contribution in [-0.2, 0) is 0 Å². The average Bonchev–Trinajstić information content (AvgIpc) is 3.43. The maximum Gasteiger partial charge on any atom is 0.178 e. The minimum absolute atomic E-state index is 0.475. The summed E-state index contributed by atoms with van der Waals surface area (Å²) in [5.41, 5.74) is 0.880. The van der Waals surface area contributed by atoms with E-state index >= 15 is 0 Å². The molecule has 0 spiro atoms. The van der Waals surface area contributed by atoms with E-state index in [0.717, 1.165) is 43.2 Å². The Morgan fingerprint density at radius 2 is 1.43 bits per heavy atom. The van der Waals surface area contributed by atoms with Crippen molar-refractivity contribution in [1.82, 2.24) is 29.6 Å². The Morgan fingerprint density at radius 1 is 0.750 bits per heavy atom. The molecule has 0 amide bonds. The highest BCUT2D eigenvalue weighted by atomic mass is 15.4. The van der Waals surface area contributed by atoms with Gasteiger partial charge in [0, 0.05) is 32.1 Å². The summed E-state index contributed by atoms with van der Waals surface area (Å²) in [6, 6.07) is 4.17. The normalized spacial score (nSPS) is 23.1. The highest BCUT2D eigenvalue weighted by Gasteiger charge is 2.26. The van der Waals surface area contributed by atoms with Crippen LogP contribution < -0.4 is 4.90 Å². The van der Waals surface area contributed by atoms with Crippen LogP contribution >= 0.6 is 0 Å². The molecule has 2 aromatic rings. The van der Waals surface area contributed by atoms with E-state index in [1.54, 1.807) is 0 Å². The van der Waals surface area contributed by atoms with Crippen molar-refractivity contribution in [3.05, 3.63) is 18.0 Å². The second-order valence-electron chi connectivity index (χ2n) is 8.73. The third-order valence-corrected chi connectivity index (χ3v) is 6.84. The van der Waals surface area contributed by atoms with Gasteiger partial charge in [0.25, 0.3) is 0 Å². The monoisotopic (exact) mass is 383 g/mol. The number of rotatable bonds is 5. The Bertz CT molecular complexity index is 768. The number of hydrogen-bond donors (Lipinski definition) is 0. The quantitative estimate of drug-likeness (QED) is 0.790. The first-order valence-electron chi connectivity index (χ1n) is 11.3. The number of fused-ring (bicyclic) bond motifs is 1. The van der Waals surface area contributed by atoms with Gasteiger partial charge in [-0.15, -0.1) is 15.3 Å². The predicted molar refractivity (Wildman–Crippen MR) is 111 cm³/mol. The maximum absolute atomic E-state index is 4.91. The van der Waals surface area contributed by atoms with Gasteiger partial charge in [0.05, 0.1) is 0 Å². The van der Waals surface area contributed by atoms with Crippen molar-refractivity contribution >= 4 is 11.5 Å². The van der Waals surface area contributed by atoms with E-state index in [1.807, 2.05) is 4.52 Å². The fourth-order valence-electron chi connectivity index (χ4n) is 5.05. The number of hydrogen-bond acceptors (Lipinski definition) is 6. The van der Waals surface area contributed by atoms with E-state index in [-0.39, 0.29) is 0 Å².